The number of ether oxygens (including phenoxy) is 1. The summed E-state index contributed by atoms with van der Waals surface area (Å²) in [5.41, 5.74) is 8.09. The highest BCUT2D eigenvalue weighted by atomic mass is 16.5. The fraction of sp³-hybridized carbons (Fsp3) is 0.304. The molecule has 0 aliphatic carbocycles. The van der Waals surface area contributed by atoms with Gasteiger partial charge in [0.25, 0.3) is 5.91 Å². The van der Waals surface area contributed by atoms with Crippen molar-refractivity contribution >= 4 is 17.8 Å². The van der Waals surface area contributed by atoms with Crippen molar-refractivity contribution in [2.75, 3.05) is 18.6 Å². The largest absolute Gasteiger partial charge is 0.483 e. The molecular formula is C23H27N3O2. The maximum atomic E-state index is 12.0. The first-order valence-corrected chi connectivity index (χ1v) is 9.36. The topological polar surface area (TPSA) is 53.9 Å². The number of allylic oxidation sites excluding steroid dienone is 2. The third kappa shape index (κ3) is 3.93. The highest BCUT2D eigenvalue weighted by Crippen LogP contribution is 2.46. The van der Waals surface area contributed by atoms with Crippen LogP contribution < -0.4 is 15.1 Å². The Morgan fingerprint density at radius 3 is 2.71 bits per heavy atom. The molecule has 3 rings (SSSR count). The third-order valence-electron chi connectivity index (χ3n) is 5.14. The van der Waals surface area contributed by atoms with Gasteiger partial charge in [-0.25, -0.2) is 5.43 Å². The van der Waals surface area contributed by atoms with Gasteiger partial charge >= 0.3 is 0 Å². The molecule has 2 aromatic carbocycles. The molecule has 5 nitrogen and oxygen atoms in total. The van der Waals surface area contributed by atoms with Crippen molar-refractivity contribution in [2.24, 2.45) is 5.10 Å². The van der Waals surface area contributed by atoms with E-state index < -0.39 is 0 Å². The number of hydrogen-bond acceptors (Lipinski definition) is 4. The molecule has 0 atom stereocenters. The zero-order chi connectivity index (χ0) is 20.3. The number of fused-ring (bicyclic) bond motifs is 1. The van der Waals surface area contributed by atoms with Crippen molar-refractivity contribution in [1.82, 2.24) is 5.43 Å². The minimum atomic E-state index is -0.294. The Morgan fingerprint density at radius 2 is 1.96 bits per heavy atom. The van der Waals surface area contributed by atoms with Crippen molar-refractivity contribution in [3.8, 4) is 5.75 Å². The van der Waals surface area contributed by atoms with Crippen molar-refractivity contribution in [3.05, 3.63) is 70.9 Å². The van der Waals surface area contributed by atoms with Gasteiger partial charge in [0.1, 0.15) is 5.75 Å². The predicted octanol–water partition coefficient (Wildman–Crippen LogP) is 4.10. The Balaban J connectivity index is 1.59. The van der Waals surface area contributed by atoms with E-state index in [1.54, 1.807) is 6.21 Å². The number of rotatable bonds is 5. The van der Waals surface area contributed by atoms with Crippen LogP contribution in [0.2, 0.25) is 0 Å². The average molecular weight is 377 g/mol. The molecule has 0 fully saturated rings. The number of anilines is 1. The van der Waals surface area contributed by atoms with E-state index >= 15 is 0 Å². The Hall–Kier alpha value is -3.08. The molecule has 0 unspecified atom stereocenters. The van der Waals surface area contributed by atoms with Gasteiger partial charge in [0.05, 0.1) is 0 Å². The fourth-order valence-corrected chi connectivity index (χ4v) is 3.56. The molecule has 0 aromatic heterocycles. The summed E-state index contributed by atoms with van der Waals surface area (Å²) in [5, 5.41) is 4.04. The summed E-state index contributed by atoms with van der Waals surface area (Å²) in [6.45, 7) is 8.24. The van der Waals surface area contributed by atoms with Gasteiger partial charge in [-0.1, -0.05) is 44.2 Å². The van der Waals surface area contributed by atoms with Gasteiger partial charge in [0, 0.05) is 30.1 Å². The number of hydrogen-bond donors (Lipinski definition) is 1. The quantitative estimate of drug-likeness (QED) is 0.631. The molecule has 1 amide bonds. The lowest BCUT2D eigenvalue weighted by molar-refractivity contribution is -0.123. The molecule has 5 heteroatoms. The number of hydrazone groups is 1. The normalized spacial score (nSPS) is 16.5. The molecule has 2 aromatic rings. The molecule has 1 aliphatic rings. The van der Waals surface area contributed by atoms with Gasteiger partial charge in [-0.3, -0.25) is 4.79 Å². The van der Waals surface area contributed by atoms with Crippen LogP contribution in [0.3, 0.4) is 0 Å². The summed E-state index contributed by atoms with van der Waals surface area (Å²) in [5.74, 6) is 0.422. The second-order valence-corrected chi connectivity index (χ2v) is 7.62. The molecule has 0 saturated heterocycles. The zero-order valence-corrected chi connectivity index (χ0v) is 17.1. The van der Waals surface area contributed by atoms with Crippen LogP contribution in [0.15, 0.2) is 59.3 Å². The summed E-state index contributed by atoms with van der Waals surface area (Å²) in [6.07, 6.45) is 3.56. The number of amides is 1. The van der Waals surface area contributed by atoms with E-state index in [1.807, 2.05) is 51.2 Å². The smallest absolute Gasteiger partial charge is 0.277 e. The molecule has 0 saturated carbocycles. The molecular weight excluding hydrogens is 350 g/mol. The molecule has 146 valence electrons. The SMILES string of the molecule is Cc1ccc(C)c(OCC(=O)N/N=C/C=C2\N(C)c3ccccc3C2(C)C)c1. The van der Waals surface area contributed by atoms with Crippen molar-refractivity contribution < 1.29 is 9.53 Å². The maximum Gasteiger partial charge on any atom is 0.277 e. The molecule has 1 N–H and O–H groups in total. The van der Waals surface area contributed by atoms with E-state index in [9.17, 15) is 4.79 Å². The predicted molar refractivity (Wildman–Crippen MR) is 114 cm³/mol. The minimum Gasteiger partial charge on any atom is -0.483 e. The standard InChI is InChI=1S/C23H27N3O2/c1-16-10-11-17(2)20(14-16)28-15-22(27)25-24-13-12-21-23(3,4)18-8-6-7-9-19(18)26(21)5/h6-14H,15H2,1-5H3,(H,25,27)/b21-12-,24-13+. The minimum absolute atomic E-state index is 0.0744. The van der Waals surface area contributed by atoms with Gasteiger partial charge in [0.15, 0.2) is 6.61 Å². The molecule has 1 heterocycles. The fourth-order valence-electron chi connectivity index (χ4n) is 3.56. The number of nitrogens with zero attached hydrogens (tertiary/aromatic N) is 2. The van der Waals surface area contributed by atoms with E-state index in [1.165, 1.54) is 11.3 Å². The first kappa shape index (κ1) is 19.7. The Labute approximate surface area is 166 Å². The highest BCUT2D eigenvalue weighted by molar-refractivity contribution is 5.82. The summed E-state index contributed by atoms with van der Waals surface area (Å²) in [4.78, 5) is 14.2. The number of aryl methyl sites for hydroxylation is 2. The van der Waals surface area contributed by atoms with Gasteiger partial charge < -0.3 is 9.64 Å². The van der Waals surface area contributed by atoms with Crippen LogP contribution in [-0.4, -0.2) is 25.8 Å². The lowest BCUT2D eigenvalue weighted by Gasteiger charge is -2.23. The van der Waals surface area contributed by atoms with Crippen LogP contribution in [-0.2, 0) is 10.2 Å². The summed E-state index contributed by atoms with van der Waals surface area (Å²) < 4.78 is 5.59. The first-order chi connectivity index (χ1) is 13.3. The Bertz CT molecular complexity index is 945. The van der Waals surface area contributed by atoms with Gasteiger partial charge in [-0.15, -0.1) is 0 Å². The number of benzene rings is 2. The number of nitrogens with one attached hydrogen (secondary N) is 1. The van der Waals surface area contributed by atoms with E-state index in [0.717, 1.165) is 16.8 Å². The molecule has 28 heavy (non-hydrogen) atoms. The van der Waals surface area contributed by atoms with E-state index in [4.69, 9.17) is 4.74 Å². The van der Waals surface area contributed by atoms with Crippen LogP contribution in [0.25, 0.3) is 0 Å². The monoisotopic (exact) mass is 377 g/mol. The number of para-hydroxylation sites is 1. The highest BCUT2D eigenvalue weighted by Gasteiger charge is 2.37. The van der Waals surface area contributed by atoms with Crippen LogP contribution >= 0.6 is 0 Å². The molecule has 0 spiro atoms. The molecule has 0 bridgehead atoms. The number of carbonyl (C=O) groups excluding carboxylic acids is 1. The second kappa shape index (κ2) is 7.89. The second-order valence-electron chi connectivity index (χ2n) is 7.62. The van der Waals surface area contributed by atoms with E-state index in [0.29, 0.717) is 5.75 Å². The van der Waals surface area contributed by atoms with Gasteiger partial charge in [0.2, 0.25) is 0 Å². The Kier molecular flexibility index (Phi) is 5.54. The molecule has 1 aliphatic heterocycles. The van der Waals surface area contributed by atoms with Crippen LogP contribution in [0.5, 0.6) is 5.75 Å². The van der Waals surface area contributed by atoms with Crippen molar-refractivity contribution in [3.63, 3.8) is 0 Å². The summed E-state index contributed by atoms with van der Waals surface area (Å²) >= 11 is 0. The van der Waals surface area contributed by atoms with Crippen molar-refractivity contribution in [2.45, 2.75) is 33.1 Å². The van der Waals surface area contributed by atoms with Crippen LogP contribution in [0.1, 0.15) is 30.5 Å². The first-order valence-electron chi connectivity index (χ1n) is 9.36. The lowest BCUT2D eigenvalue weighted by atomic mass is 9.84. The van der Waals surface area contributed by atoms with E-state index in [2.05, 4.69) is 47.5 Å². The van der Waals surface area contributed by atoms with Gasteiger partial charge in [-0.05, 0) is 48.7 Å². The summed E-state index contributed by atoms with van der Waals surface area (Å²) in [6, 6.07) is 14.3. The number of likely N-dealkylation sites (N-methyl/N-ethyl adjacent to an activating group) is 1. The van der Waals surface area contributed by atoms with Crippen molar-refractivity contribution in [1.29, 1.82) is 0 Å². The van der Waals surface area contributed by atoms with Crippen LogP contribution in [0, 0.1) is 13.8 Å². The number of carbonyl (C=O) groups is 1. The Morgan fingerprint density at radius 1 is 1.21 bits per heavy atom. The maximum absolute atomic E-state index is 12.0. The average Bonchev–Trinajstić information content (AvgIpc) is 2.86. The summed E-state index contributed by atoms with van der Waals surface area (Å²) in [7, 11) is 2.05. The van der Waals surface area contributed by atoms with Crippen LogP contribution in [0.4, 0.5) is 5.69 Å². The van der Waals surface area contributed by atoms with Gasteiger partial charge in [-0.2, -0.15) is 5.10 Å². The lowest BCUT2D eigenvalue weighted by Crippen LogP contribution is -2.25. The van der Waals surface area contributed by atoms with E-state index in [-0.39, 0.29) is 17.9 Å². The third-order valence-corrected chi connectivity index (χ3v) is 5.14. The molecule has 0 radical (unpaired) electrons. The zero-order valence-electron chi connectivity index (χ0n) is 17.1.